The molecule has 6 heteroatoms. The summed E-state index contributed by atoms with van der Waals surface area (Å²) in [4.78, 5) is 15.2. The second-order valence-corrected chi connectivity index (χ2v) is 4.11. The Morgan fingerprint density at radius 1 is 1.50 bits per heavy atom. The number of hydrogen-bond donors (Lipinski definition) is 1. The third-order valence-electron chi connectivity index (χ3n) is 3.19. The highest BCUT2D eigenvalue weighted by Crippen LogP contribution is 2.34. The van der Waals surface area contributed by atoms with Gasteiger partial charge in [-0.1, -0.05) is 0 Å². The van der Waals surface area contributed by atoms with Crippen LogP contribution in [0, 0.1) is 5.41 Å². The van der Waals surface area contributed by atoms with Crippen LogP contribution in [0.3, 0.4) is 0 Å². The molecule has 0 atom stereocenters. The minimum atomic E-state index is -0.726. The van der Waals surface area contributed by atoms with E-state index >= 15 is 0 Å². The van der Waals surface area contributed by atoms with Crippen LogP contribution < -0.4 is 0 Å². The van der Waals surface area contributed by atoms with Crippen molar-refractivity contribution in [2.45, 2.75) is 25.8 Å². The lowest BCUT2D eigenvalue weighted by Gasteiger charge is -2.32. The van der Waals surface area contributed by atoms with Crippen LogP contribution >= 0.6 is 0 Å². The van der Waals surface area contributed by atoms with Crippen LogP contribution in [0.4, 0.5) is 0 Å². The Morgan fingerprint density at radius 2 is 2.25 bits per heavy atom. The maximum atomic E-state index is 11.3. The maximum absolute atomic E-state index is 11.3. The summed E-state index contributed by atoms with van der Waals surface area (Å²) in [6.45, 7) is 1.65. The zero-order chi connectivity index (χ0) is 11.4. The van der Waals surface area contributed by atoms with Crippen molar-refractivity contribution in [3.63, 3.8) is 0 Å². The molecule has 0 spiro atoms. The van der Waals surface area contributed by atoms with Crippen molar-refractivity contribution in [3.8, 4) is 0 Å². The molecule has 0 saturated carbocycles. The predicted molar refractivity (Wildman–Crippen MR) is 54.8 cm³/mol. The summed E-state index contributed by atoms with van der Waals surface area (Å²) in [5.74, 6) is -0.726. The lowest BCUT2D eigenvalue weighted by molar-refractivity contribution is -0.155. The number of rotatable bonds is 4. The first kappa shape index (κ1) is 11.1. The van der Waals surface area contributed by atoms with Crippen molar-refractivity contribution < 1.29 is 14.6 Å². The van der Waals surface area contributed by atoms with Crippen molar-refractivity contribution in [2.24, 2.45) is 5.41 Å². The van der Waals surface area contributed by atoms with E-state index in [-0.39, 0.29) is 0 Å². The van der Waals surface area contributed by atoms with E-state index < -0.39 is 11.4 Å². The number of carbonyl (C=O) groups is 1. The Bertz CT molecular complexity index is 344. The summed E-state index contributed by atoms with van der Waals surface area (Å²) >= 11 is 0. The molecule has 2 rings (SSSR count). The average molecular weight is 225 g/mol. The van der Waals surface area contributed by atoms with E-state index in [0.717, 1.165) is 0 Å². The second-order valence-electron chi connectivity index (χ2n) is 4.11. The number of aliphatic carboxylic acids is 1. The summed E-state index contributed by atoms with van der Waals surface area (Å²) in [6, 6.07) is 0. The largest absolute Gasteiger partial charge is 0.481 e. The van der Waals surface area contributed by atoms with Crippen molar-refractivity contribution in [1.29, 1.82) is 0 Å². The maximum Gasteiger partial charge on any atom is 0.309 e. The molecule has 1 fully saturated rings. The minimum Gasteiger partial charge on any atom is -0.481 e. The molecule has 0 amide bonds. The molecular weight excluding hydrogens is 210 g/mol. The molecule has 6 nitrogen and oxygen atoms in total. The third-order valence-corrected chi connectivity index (χ3v) is 3.19. The van der Waals surface area contributed by atoms with E-state index in [1.54, 1.807) is 11.0 Å². The van der Waals surface area contributed by atoms with Crippen molar-refractivity contribution in [1.82, 2.24) is 14.8 Å². The SMILES string of the molecule is O=C(O)C1(CCn2cncn2)CCOCC1. The van der Waals surface area contributed by atoms with Gasteiger partial charge in [-0.3, -0.25) is 9.48 Å². The van der Waals surface area contributed by atoms with Gasteiger partial charge in [-0.25, -0.2) is 4.98 Å². The molecule has 1 saturated heterocycles. The van der Waals surface area contributed by atoms with Gasteiger partial charge in [-0.2, -0.15) is 5.10 Å². The fourth-order valence-electron chi connectivity index (χ4n) is 2.01. The van der Waals surface area contributed by atoms with Gasteiger partial charge in [-0.15, -0.1) is 0 Å². The standard InChI is InChI=1S/C10H15N3O3/c14-9(15)10(2-5-16-6-3-10)1-4-13-8-11-7-12-13/h7-8H,1-6H2,(H,14,15). The van der Waals surface area contributed by atoms with Gasteiger partial charge in [0.05, 0.1) is 5.41 Å². The van der Waals surface area contributed by atoms with Crippen LogP contribution in [0.15, 0.2) is 12.7 Å². The van der Waals surface area contributed by atoms with E-state index in [9.17, 15) is 9.90 Å². The fraction of sp³-hybridized carbons (Fsp3) is 0.700. The van der Waals surface area contributed by atoms with Crippen LogP contribution in [0.25, 0.3) is 0 Å². The summed E-state index contributed by atoms with van der Waals surface area (Å²) in [6.07, 6.45) is 4.80. The van der Waals surface area contributed by atoms with Crippen molar-refractivity contribution >= 4 is 5.97 Å². The Hall–Kier alpha value is -1.43. The van der Waals surface area contributed by atoms with Crippen LogP contribution in [-0.2, 0) is 16.1 Å². The summed E-state index contributed by atoms with van der Waals surface area (Å²) < 4.78 is 6.88. The number of hydrogen-bond acceptors (Lipinski definition) is 4. The molecular formula is C10H15N3O3. The zero-order valence-electron chi connectivity index (χ0n) is 9.00. The molecule has 2 heterocycles. The number of carboxylic acids is 1. The molecule has 0 aliphatic carbocycles. The number of aryl methyl sites for hydroxylation is 1. The predicted octanol–water partition coefficient (Wildman–Crippen LogP) is 0.550. The molecule has 1 aromatic rings. The Kier molecular flexibility index (Phi) is 3.19. The lowest BCUT2D eigenvalue weighted by atomic mass is 9.77. The fourth-order valence-corrected chi connectivity index (χ4v) is 2.01. The van der Waals surface area contributed by atoms with E-state index in [1.807, 2.05) is 0 Å². The smallest absolute Gasteiger partial charge is 0.309 e. The Morgan fingerprint density at radius 3 is 2.81 bits per heavy atom. The van der Waals surface area contributed by atoms with Crippen LogP contribution in [-0.4, -0.2) is 39.1 Å². The van der Waals surface area contributed by atoms with Gasteiger partial charge in [0.2, 0.25) is 0 Å². The zero-order valence-corrected chi connectivity index (χ0v) is 9.00. The van der Waals surface area contributed by atoms with Gasteiger partial charge in [0, 0.05) is 19.8 Å². The molecule has 1 aliphatic rings. The molecule has 1 N–H and O–H groups in total. The van der Waals surface area contributed by atoms with Crippen LogP contribution in [0.1, 0.15) is 19.3 Å². The first-order valence-electron chi connectivity index (χ1n) is 5.36. The number of ether oxygens (including phenoxy) is 1. The molecule has 0 unspecified atom stereocenters. The monoisotopic (exact) mass is 225 g/mol. The molecule has 0 radical (unpaired) electrons. The highest BCUT2D eigenvalue weighted by Gasteiger charge is 2.39. The van der Waals surface area contributed by atoms with Gasteiger partial charge in [0.25, 0.3) is 0 Å². The molecule has 16 heavy (non-hydrogen) atoms. The second kappa shape index (κ2) is 4.61. The van der Waals surface area contributed by atoms with E-state index in [2.05, 4.69) is 10.1 Å². The molecule has 0 bridgehead atoms. The minimum absolute atomic E-state index is 0.531. The topological polar surface area (TPSA) is 77.2 Å². The lowest BCUT2D eigenvalue weighted by Crippen LogP contribution is -2.38. The highest BCUT2D eigenvalue weighted by molar-refractivity contribution is 5.74. The van der Waals surface area contributed by atoms with Gasteiger partial charge < -0.3 is 9.84 Å². The van der Waals surface area contributed by atoms with Crippen molar-refractivity contribution in [2.75, 3.05) is 13.2 Å². The summed E-state index contributed by atoms with van der Waals surface area (Å²) in [5.41, 5.74) is -0.649. The van der Waals surface area contributed by atoms with Gasteiger partial charge >= 0.3 is 5.97 Å². The van der Waals surface area contributed by atoms with Crippen LogP contribution in [0.2, 0.25) is 0 Å². The molecule has 88 valence electrons. The summed E-state index contributed by atoms with van der Waals surface area (Å²) in [7, 11) is 0. The van der Waals surface area contributed by atoms with E-state index in [4.69, 9.17) is 4.74 Å². The molecule has 0 aromatic carbocycles. The first-order chi connectivity index (χ1) is 7.73. The van der Waals surface area contributed by atoms with E-state index in [0.29, 0.717) is 39.0 Å². The summed E-state index contributed by atoms with van der Waals surface area (Å²) in [5, 5.41) is 13.3. The molecule has 1 aliphatic heterocycles. The Labute approximate surface area is 93.2 Å². The number of carboxylic acid groups (broad SMARTS) is 1. The van der Waals surface area contributed by atoms with Gasteiger partial charge in [0.1, 0.15) is 12.7 Å². The molecule has 1 aromatic heterocycles. The quantitative estimate of drug-likeness (QED) is 0.809. The third kappa shape index (κ3) is 2.21. The highest BCUT2D eigenvalue weighted by atomic mass is 16.5. The Balaban J connectivity index is 2.00. The van der Waals surface area contributed by atoms with Crippen molar-refractivity contribution in [3.05, 3.63) is 12.7 Å². The van der Waals surface area contributed by atoms with Gasteiger partial charge in [-0.05, 0) is 19.3 Å². The van der Waals surface area contributed by atoms with Gasteiger partial charge in [0.15, 0.2) is 0 Å². The number of aromatic nitrogens is 3. The van der Waals surface area contributed by atoms with E-state index in [1.165, 1.54) is 6.33 Å². The normalized spacial score (nSPS) is 19.5. The average Bonchev–Trinajstić information content (AvgIpc) is 2.80. The first-order valence-corrected chi connectivity index (χ1v) is 5.36. The number of nitrogens with zero attached hydrogens (tertiary/aromatic N) is 3. The van der Waals surface area contributed by atoms with Crippen LogP contribution in [0.5, 0.6) is 0 Å².